The molecule has 0 spiro atoms. The third-order valence-electron chi connectivity index (χ3n) is 4.23. The van der Waals surface area contributed by atoms with E-state index < -0.39 is 5.60 Å². The minimum absolute atomic E-state index is 0. The molecule has 1 atom stereocenters. The summed E-state index contributed by atoms with van der Waals surface area (Å²) in [6, 6.07) is 6.10. The number of aromatic nitrogens is 2. The molecule has 156 valence electrons. The fourth-order valence-corrected chi connectivity index (χ4v) is 2.70. The van der Waals surface area contributed by atoms with Gasteiger partial charge in [-0.05, 0) is 44.9 Å². The van der Waals surface area contributed by atoms with Crippen molar-refractivity contribution >= 4 is 29.9 Å². The molecule has 0 aliphatic carbocycles. The van der Waals surface area contributed by atoms with Crippen LogP contribution in [0.1, 0.15) is 37.5 Å². The Labute approximate surface area is 184 Å². The van der Waals surface area contributed by atoms with Crippen LogP contribution in [0.3, 0.4) is 0 Å². The van der Waals surface area contributed by atoms with Gasteiger partial charge in [0, 0.05) is 25.4 Å². The highest BCUT2D eigenvalue weighted by Crippen LogP contribution is 2.20. The number of ether oxygens (including phenoxy) is 1. The Kier molecular flexibility index (Phi) is 9.74. The molecule has 2 rings (SSSR count). The quantitative estimate of drug-likeness (QED) is 0.295. The van der Waals surface area contributed by atoms with E-state index in [0.717, 1.165) is 29.0 Å². The highest BCUT2D eigenvalue weighted by Gasteiger charge is 2.24. The van der Waals surface area contributed by atoms with E-state index in [9.17, 15) is 5.11 Å². The minimum Gasteiger partial charge on any atom is -0.494 e. The lowest BCUT2D eigenvalue weighted by atomic mass is 10.00. The molecule has 0 amide bonds. The summed E-state index contributed by atoms with van der Waals surface area (Å²) >= 11 is 0. The smallest absolute Gasteiger partial charge is 0.191 e. The summed E-state index contributed by atoms with van der Waals surface area (Å²) in [5.74, 6) is 1.57. The van der Waals surface area contributed by atoms with Crippen LogP contribution in [0.2, 0.25) is 0 Å². The fourth-order valence-electron chi connectivity index (χ4n) is 2.70. The van der Waals surface area contributed by atoms with Gasteiger partial charge in [-0.1, -0.05) is 12.1 Å². The van der Waals surface area contributed by atoms with Gasteiger partial charge in [0.25, 0.3) is 0 Å². The number of hydrogen-bond acceptors (Lipinski definition) is 4. The summed E-state index contributed by atoms with van der Waals surface area (Å²) < 4.78 is 7.26. The van der Waals surface area contributed by atoms with Crippen LogP contribution in [-0.4, -0.2) is 40.5 Å². The minimum atomic E-state index is -1.04. The highest BCUT2D eigenvalue weighted by molar-refractivity contribution is 14.0. The molecular weight excluding hydrogens is 469 g/mol. The number of benzene rings is 1. The first-order valence-corrected chi connectivity index (χ1v) is 9.31. The van der Waals surface area contributed by atoms with Gasteiger partial charge in [-0.3, -0.25) is 4.68 Å². The zero-order valence-corrected chi connectivity index (χ0v) is 19.7. The number of rotatable bonds is 8. The molecule has 1 heterocycles. The molecule has 7 nitrogen and oxygen atoms in total. The molecule has 28 heavy (non-hydrogen) atoms. The average molecular weight is 501 g/mol. The van der Waals surface area contributed by atoms with Crippen molar-refractivity contribution in [2.24, 2.45) is 12.0 Å². The van der Waals surface area contributed by atoms with Crippen molar-refractivity contribution in [1.82, 2.24) is 20.4 Å². The Balaban J connectivity index is 0.00000392. The van der Waals surface area contributed by atoms with Gasteiger partial charge in [0.2, 0.25) is 0 Å². The zero-order chi connectivity index (χ0) is 19.9. The van der Waals surface area contributed by atoms with Crippen LogP contribution in [0.5, 0.6) is 5.75 Å². The number of halogens is 1. The maximum Gasteiger partial charge on any atom is 0.191 e. The van der Waals surface area contributed by atoms with Crippen molar-refractivity contribution in [3.8, 4) is 5.75 Å². The van der Waals surface area contributed by atoms with Crippen molar-refractivity contribution in [1.29, 1.82) is 0 Å². The lowest BCUT2D eigenvalue weighted by Gasteiger charge is -2.23. The van der Waals surface area contributed by atoms with Crippen LogP contribution in [0.4, 0.5) is 0 Å². The molecule has 3 N–H and O–H groups in total. The number of aryl methyl sites for hydroxylation is 2. The summed E-state index contributed by atoms with van der Waals surface area (Å²) in [6.45, 7) is 10.0. The predicted molar refractivity (Wildman–Crippen MR) is 123 cm³/mol. The second-order valence-electron chi connectivity index (χ2n) is 6.76. The normalized spacial score (nSPS) is 13.4. The molecule has 0 aliphatic heterocycles. The van der Waals surface area contributed by atoms with Crippen molar-refractivity contribution in [2.45, 2.75) is 39.8 Å². The Morgan fingerprint density at radius 1 is 1.32 bits per heavy atom. The molecule has 0 saturated carbocycles. The van der Waals surface area contributed by atoms with Crippen LogP contribution in [0, 0.1) is 6.92 Å². The zero-order valence-electron chi connectivity index (χ0n) is 17.3. The predicted octanol–water partition coefficient (Wildman–Crippen LogP) is 2.71. The van der Waals surface area contributed by atoms with Gasteiger partial charge in [0.1, 0.15) is 11.4 Å². The van der Waals surface area contributed by atoms with Crippen molar-refractivity contribution < 1.29 is 9.84 Å². The van der Waals surface area contributed by atoms with E-state index in [1.54, 1.807) is 17.8 Å². The average Bonchev–Trinajstić information content (AvgIpc) is 3.07. The monoisotopic (exact) mass is 501 g/mol. The number of guanidine groups is 1. The Bertz CT molecular complexity index is 774. The first-order chi connectivity index (χ1) is 12.9. The van der Waals surface area contributed by atoms with E-state index >= 15 is 0 Å². The number of hydrogen-bond donors (Lipinski definition) is 3. The van der Waals surface area contributed by atoms with Crippen molar-refractivity contribution in [3.63, 3.8) is 0 Å². The standard InChI is InChI=1S/C20H31N5O2.HI/c1-6-21-19(23-14-20(4,26)17-12-24-25(5)13-17)22-11-16-8-9-18(27-7-2)15(3)10-16;/h8-10,12-13,26H,6-7,11,14H2,1-5H3,(H2,21,22,23);1H. The first-order valence-electron chi connectivity index (χ1n) is 9.31. The van der Waals surface area contributed by atoms with Crippen molar-refractivity contribution in [3.05, 3.63) is 47.3 Å². The molecule has 0 aliphatic rings. The molecule has 0 fully saturated rings. The largest absolute Gasteiger partial charge is 0.494 e. The third-order valence-corrected chi connectivity index (χ3v) is 4.23. The number of aliphatic imine (C=N–C) groups is 1. The van der Waals surface area contributed by atoms with E-state index in [4.69, 9.17) is 4.74 Å². The van der Waals surface area contributed by atoms with Crippen molar-refractivity contribution in [2.75, 3.05) is 19.7 Å². The molecule has 0 saturated heterocycles. The topological polar surface area (TPSA) is 83.7 Å². The number of aliphatic hydroxyl groups is 1. The van der Waals surface area contributed by atoms with Crippen LogP contribution in [-0.2, 0) is 19.2 Å². The van der Waals surface area contributed by atoms with E-state index in [2.05, 4.69) is 26.8 Å². The van der Waals surface area contributed by atoms with E-state index in [1.165, 1.54) is 0 Å². The second kappa shape index (κ2) is 11.3. The molecule has 8 heteroatoms. The highest BCUT2D eigenvalue weighted by atomic mass is 127. The summed E-state index contributed by atoms with van der Waals surface area (Å²) in [5, 5.41) is 21.3. The lowest BCUT2D eigenvalue weighted by Crippen LogP contribution is -2.44. The van der Waals surface area contributed by atoms with Gasteiger partial charge in [-0.2, -0.15) is 5.10 Å². The van der Waals surface area contributed by atoms with E-state index in [1.807, 2.05) is 46.1 Å². The van der Waals surface area contributed by atoms with Gasteiger partial charge in [-0.25, -0.2) is 4.99 Å². The summed E-state index contributed by atoms with van der Waals surface area (Å²) in [6.07, 6.45) is 3.49. The Morgan fingerprint density at radius 3 is 2.64 bits per heavy atom. The van der Waals surface area contributed by atoms with E-state index in [-0.39, 0.29) is 24.0 Å². The first kappa shape index (κ1) is 24.2. The molecule has 2 aromatic rings. The van der Waals surface area contributed by atoms with Gasteiger partial charge < -0.3 is 20.5 Å². The fraction of sp³-hybridized carbons (Fsp3) is 0.500. The van der Waals surface area contributed by atoms with Gasteiger partial charge >= 0.3 is 0 Å². The number of nitrogens with one attached hydrogen (secondary N) is 2. The molecule has 1 aromatic heterocycles. The van der Waals surface area contributed by atoms with Gasteiger partial charge in [0.05, 0.1) is 25.9 Å². The molecule has 1 aromatic carbocycles. The number of nitrogens with zero attached hydrogens (tertiary/aromatic N) is 3. The Morgan fingerprint density at radius 2 is 2.07 bits per heavy atom. The Hall–Kier alpha value is -1.81. The van der Waals surface area contributed by atoms with Gasteiger partial charge in [-0.15, -0.1) is 24.0 Å². The third kappa shape index (κ3) is 6.97. The molecule has 0 radical (unpaired) electrons. The molecular formula is C20H32IN5O2. The molecule has 0 bridgehead atoms. The summed E-state index contributed by atoms with van der Waals surface area (Å²) in [7, 11) is 1.83. The second-order valence-corrected chi connectivity index (χ2v) is 6.76. The maximum atomic E-state index is 10.7. The molecule has 1 unspecified atom stereocenters. The lowest BCUT2D eigenvalue weighted by molar-refractivity contribution is 0.0616. The maximum absolute atomic E-state index is 10.7. The van der Waals surface area contributed by atoms with Crippen LogP contribution >= 0.6 is 24.0 Å². The summed E-state index contributed by atoms with van der Waals surface area (Å²) in [4.78, 5) is 4.62. The van der Waals surface area contributed by atoms with Gasteiger partial charge in [0.15, 0.2) is 5.96 Å². The van der Waals surface area contributed by atoms with Crippen LogP contribution < -0.4 is 15.4 Å². The van der Waals surface area contributed by atoms with E-state index in [0.29, 0.717) is 25.7 Å². The van der Waals surface area contributed by atoms with Crippen LogP contribution in [0.15, 0.2) is 35.6 Å². The SMILES string of the molecule is CCNC(=NCc1ccc(OCC)c(C)c1)NCC(C)(O)c1cnn(C)c1.I. The van der Waals surface area contributed by atoms with Crippen LogP contribution in [0.25, 0.3) is 0 Å². The summed E-state index contributed by atoms with van der Waals surface area (Å²) in [5.41, 5.74) is 1.92.